The van der Waals surface area contributed by atoms with Crippen molar-refractivity contribution in [1.29, 1.82) is 0 Å². The fourth-order valence-electron chi connectivity index (χ4n) is 2.30. The van der Waals surface area contributed by atoms with Crippen LogP contribution in [0.1, 0.15) is 11.1 Å². The zero-order valence-corrected chi connectivity index (χ0v) is 10.6. The molecule has 0 bridgehead atoms. The summed E-state index contributed by atoms with van der Waals surface area (Å²) in [6, 6.07) is 6.29. The minimum absolute atomic E-state index is 0.0346. The molecule has 1 saturated heterocycles. The fourth-order valence-corrected chi connectivity index (χ4v) is 2.30. The molecule has 1 aromatic rings. The highest BCUT2D eigenvalue weighted by molar-refractivity contribution is 5.95. The number of amides is 2. The lowest BCUT2D eigenvalue weighted by Crippen LogP contribution is -2.35. The second-order valence-electron chi connectivity index (χ2n) is 4.68. The maximum absolute atomic E-state index is 12.1. The molecular formula is C13H19N3O. The van der Waals surface area contributed by atoms with E-state index in [0.29, 0.717) is 13.1 Å². The lowest BCUT2D eigenvalue weighted by Gasteiger charge is -2.18. The Morgan fingerprint density at radius 1 is 1.41 bits per heavy atom. The molecule has 0 saturated carbocycles. The summed E-state index contributed by atoms with van der Waals surface area (Å²) >= 11 is 0. The highest BCUT2D eigenvalue weighted by Gasteiger charge is 2.34. The molecule has 1 atom stereocenters. The first-order chi connectivity index (χ1) is 8.04. The van der Waals surface area contributed by atoms with Crippen LogP contribution in [0.4, 0.5) is 10.5 Å². The Balaban J connectivity index is 2.32. The van der Waals surface area contributed by atoms with Gasteiger partial charge in [0.05, 0.1) is 6.04 Å². The third kappa shape index (κ3) is 2.00. The molecule has 4 nitrogen and oxygen atoms in total. The van der Waals surface area contributed by atoms with Gasteiger partial charge in [-0.05, 0) is 25.5 Å². The number of carbonyl (C=O) groups excluding carboxylic acids is 1. The van der Waals surface area contributed by atoms with Crippen molar-refractivity contribution in [2.75, 3.05) is 25.0 Å². The summed E-state index contributed by atoms with van der Waals surface area (Å²) in [5.74, 6) is 0. The molecule has 0 spiro atoms. The van der Waals surface area contributed by atoms with E-state index in [1.54, 1.807) is 4.90 Å². The Labute approximate surface area is 102 Å². The molecule has 1 aliphatic rings. The molecule has 2 N–H and O–H groups in total. The minimum atomic E-state index is 0.0346. The van der Waals surface area contributed by atoms with Crippen molar-refractivity contribution in [3.05, 3.63) is 29.3 Å². The van der Waals surface area contributed by atoms with E-state index in [1.807, 2.05) is 31.0 Å². The van der Waals surface area contributed by atoms with E-state index in [1.165, 1.54) is 5.56 Å². The van der Waals surface area contributed by atoms with Crippen molar-refractivity contribution in [3.8, 4) is 0 Å². The van der Waals surface area contributed by atoms with Crippen LogP contribution < -0.4 is 10.6 Å². The molecule has 1 aliphatic heterocycles. The smallest absolute Gasteiger partial charge is 0.324 e. The second-order valence-corrected chi connectivity index (χ2v) is 4.68. The van der Waals surface area contributed by atoms with Crippen LogP contribution >= 0.6 is 0 Å². The van der Waals surface area contributed by atoms with Crippen LogP contribution in [0.2, 0.25) is 0 Å². The lowest BCUT2D eigenvalue weighted by atomic mass is 10.1. The Morgan fingerprint density at radius 2 is 2.12 bits per heavy atom. The average Bonchev–Trinajstić information content (AvgIpc) is 2.57. The monoisotopic (exact) mass is 233 g/mol. The van der Waals surface area contributed by atoms with Crippen LogP contribution in [0, 0.1) is 13.8 Å². The van der Waals surface area contributed by atoms with E-state index in [0.717, 1.165) is 11.3 Å². The van der Waals surface area contributed by atoms with E-state index in [-0.39, 0.29) is 12.1 Å². The number of nitrogens with two attached hydrogens (primary N) is 1. The molecule has 2 rings (SSSR count). The van der Waals surface area contributed by atoms with Gasteiger partial charge in [0.15, 0.2) is 0 Å². The molecule has 4 heteroatoms. The zero-order valence-electron chi connectivity index (χ0n) is 10.6. The Bertz CT molecular complexity index is 444. The van der Waals surface area contributed by atoms with E-state index in [4.69, 9.17) is 5.73 Å². The molecule has 0 aromatic heterocycles. The third-order valence-electron chi connectivity index (χ3n) is 3.39. The molecule has 0 radical (unpaired) electrons. The van der Waals surface area contributed by atoms with Gasteiger partial charge >= 0.3 is 6.03 Å². The van der Waals surface area contributed by atoms with E-state index in [9.17, 15) is 4.79 Å². The molecule has 17 heavy (non-hydrogen) atoms. The number of nitrogens with zero attached hydrogens (tertiary/aromatic N) is 2. The second kappa shape index (κ2) is 4.37. The number of hydrogen-bond donors (Lipinski definition) is 1. The Hall–Kier alpha value is -1.55. The molecule has 1 aromatic carbocycles. The summed E-state index contributed by atoms with van der Waals surface area (Å²) in [4.78, 5) is 15.6. The Kier molecular flexibility index (Phi) is 3.07. The SMILES string of the molecule is Cc1ccc(N2CC(CN)N(C)C2=O)c(C)c1. The van der Waals surface area contributed by atoms with Crippen LogP contribution in [-0.4, -0.2) is 37.1 Å². The lowest BCUT2D eigenvalue weighted by molar-refractivity contribution is 0.219. The molecule has 2 amide bonds. The van der Waals surface area contributed by atoms with E-state index < -0.39 is 0 Å². The molecular weight excluding hydrogens is 214 g/mol. The first-order valence-corrected chi connectivity index (χ1v) is 5.86. The van der Waals surface area contributed by atoms with Crippen LogP contribution in [0.3, 0.4) is 0 Å². The van der Waals surface area contributed by atoms with Gasteiger partial charge < -0.3 is 10.6 Å². The number of hydrogen-bond acceptors (Lipinski definition) is 2. The van der Waals surface area contributed by atoms with Gasteiger partial charge in [0.2, 0.25) is 0 Å². The van der Waals surface area contributed by atoms with Crippen molar-refractivity contribution in [2.24, 2.45) is 5.73 Å². The van der Waals surface area contributed by atoms with Crippen molar-refractivity contribution in [3.63, 3.8) is 0 Å². The first kappa shape index (κ1) is 11.9. The molecule has 0 aliphatic carbocycles. The fraction of sp³-hybridized carbons (Fsp3) is 0.462. The summed E-state index contributed by atoms with van der Waals surface area (Å²) in [5.41, 5.74) is 9.00. The maximum atomic E-state index is 12.1. The van der Waals surface area contributed by atoms with Crippen molar-refractivity contribution < 1.29 is 4.79 Å². The highest BCUT2D eigenvalue weighted by Crippen LogP contribution is 2.26. The van der Waals surface area contributed by atoms with Gasteiger partial charge in [-0.2, -0.15) is 0 Å². The summed E-state index contributed by atoms with van der Waals surface area (Å²) in [6.45, 7) is 5.27. The van der Waals surface area contributed by atoms with Crippen LogP contribution in [0.25, 0.3) is 0 Å². The average molecular weight is 233 g/mol. The summed E-state index contributed by atoms with van der Waals surface area (Å²) in [5, 5.41) is 0. The van der Waals surface area contributed by atoms with Gasteiger partial charge in [-0.3, -0.25) is 4.90 Å². The van der Waals surface area contributed by atoms with Gasteiger partial charge in [-0.1, -0.05) is 17.7 Å². The number of anilines is 1. The van der Waals surface area contributed by atoms with E-state index >= 15 is 0 Å². The summed E-state index contributed by atoms with van der Waals surface area (Å²) in [6.07, 6.45) is 0. The topological polar surface area (TPSA) is 49.6 Å². The quantitative estimate of drug-likeness (QED) is 0.841. The molecule has 1 heterocycles. The summed E-state index contributed by atoms with van der Waals surface area (Å²) in [7, 11) is 1.81. The summed E-state index contributed by atoms with van der Waals surface area (Å²) < 4.78 is 0. The van der Waals surface area contributed by atoms with Crippen molar-refractivity contribution >= 4 is 11.7 Å². The number of rotatable bonds is 2. The third-order valence-corrected chi connectivity index (χ3v) is 3.39. The standard InChI is InChI=1S/C13H19N3O/c1-9-4-5-12(10(2)6-9)16-8-11(7-14)15(3)13(16)17/h4-6,11H,7-8,14H2,1-3H3. The normalized spacial score (nSPS) is 20.2. The van der Waals surface area contributed by atoms with Gasteiger partial charge in [0.25, 0.3) is 0 Å². The predicted octanol–water partition coefficient (Wildman–Crippen LogP) is 1.50. The molecule has 1 unspecified atom stereocenters. The number of carbonyl (C=O) groups is 1. The first-order valence-electron chi connectivity index (χ1n) is 5.86. The van der Waals surface area contributed by atoms with Crippen LogP contribution in [0.5, 0.6) is 0 Å². The predicted molar refractivity (Wildman–Crippen MR) is 69.3 cm³/mol. The van der Waals surface area contributed by atoms with Gasteiger partial charge in [0, 0.05) is 25.8 Å². The van der Waals surface area contributed by atoms with E-state index in [2.05, 4.69) is 13.0 Å². The van der Waals surface area contributed by atoms with Crippen LogP contribution in [-0.2, 0) is 0 Å². The molecule has 1 fully saturated rings. The number of aryl methyl sites for hydroxylation is 2. The zero-order chi connectivity index (χ0) is 12.6. The Morgan fingerprint density at radius 3 is 2.65 bits per heavy atom. The van der Waals surface area contributed by atoms with Gasteiger partial charge in [-0.15, -0.1) is 0 Å². The van der Waals surface area contributed by atoms with Gasteiger partial charge in [0.1, 0.15) is 0 Å². The number of likely N-dealkylation sites (N-methyl/N-ethyl adjacent to an activating group) is 1. The molecule has 92 valence electrons. The number of benzene rings is 1. The largest absolute Gasteiger partial charge is 0.328 e. The maximum Gasteiger partial charge on any atom is 0.324 e. The van der Waals surface area contributed by atoms with Gasteiger partial charge in [-0.25, -0.2) is 4.79 Å². The highest BCUT2D eigenvalue weighted by atomic mass is 16.2. The van der Waals surface area contributed by atoms with Crippen molar-refractivity contribution in [2.45, 2.75) is 19.9 Å². The number of urea groups is 1. The van der Waals surface area contributed by atoms with Crippen LogP contribution in [0.15, 0.2) is 18.2 Å². The van der Waals surface area contributed by atoms with Crippen molar-refractivity contribution in [1.82, 2.24) is 4.90 Å². The minimum Gasteiger partial charge on any atom is -0.328 e.